The largest absolute Gasteiger partial charge is 0.476 e. The van der Waals surface area contributed by atoms with E-state index in [1.54, 1.807) is 24.3 Å². The molecule has 1 heterocycles. The van der Waals surface area contributed by atoms with Crippen molar-refractivity contribution in [2.75, 3.05) is 7.11 Å². The van der Waals surface area contributed by atoms with Crippen molar-refractivity contribution in [2.45, 2.75) is 6.61 Å². The number of ether oxygens (including phenoxy) is 1. The van der Waals surface area contributed by atoms with Crippen LogP contribution in [0.15, 0.2) is 30.3 Å². The van der Waals surface area contributed by atoms with Gasteiger partial charge in [-0.05, 0) is 30.3 Å². The van der Waals surface area contributed by atoms with Crippen molar-refractivity contribution >= 4 is 11.9 Å². The van der Waals surface area contributed by atoms with Crippen molar-refractivity contribution in [2.24, 2.45) is 5.73 Å². The maximum Gasteiger partial charge on any atom is 0.356 e. The number of carboxylic acid groups (broad SMARTS) is 1. The molecule has 1 aromatic heterocycles. The zero-order valence-corrected chi connectivity index (χ0v) is 10.7. The van der Waals surface area contributed by atoms with E-state index in [4.69, 9.17) is 15.6 Å². The van der Waals surface area contributed by atoms with E-state index in [-0.39, 0.29) is 12.3 Å². The summed E-state index contributed by atoms with van der Waals surface area (Å²) in [6, 6.07) is 7.82. The molecule has 7 nitrogen and oxygen atoms in total. The van der Waals surface area contributed by atoms with Crippen LogP contribution in [0.5, 0.6) is 0 Å². The van der Waals surface area contributed by atoms with Gasteiger partial charge in [0.1, 0.15) is 0 Å². The molecule has 0 saturated heterocycles. The normalized spacial score (nSPS) is 10.4. The topological polar surface area (TPSA) is 107 Å². The maximum atomic E-state index is 11.0. The van der Waals surface area contributed by atoms with Crippen molar-refractivity contribution in [3.8, 4) is 5.69 Å². The van der Waals surface area contributed by atoms with Crippen LogP contribution >= 0.6 is 0 Å². The SMILES string of the molecule is COCc1cc(C(=O)O)nn1-c1ccc(C(N)=O)cc1. The summed E-state index contributed by atoms with van der Waals surface area (Å²) in [5, 5.41) is 13.0. The fourth-order valence-corrected chi connectivity index (χ4v) is 1.77. The van der Waals surface area contributed by atoms with Crippen LogP contribution in [0.1, 0.15) is 26.5 Å². The van der Waals surface area contributed by atoms with E-state index in [2.05, 4.69) is 5.10 Å². The molecular weight excluding hydrogens is 262 g/mol. The molecule has 3 N–H and O–H groups in total. The Kier molecular flexibility index (Phi) is 3.81. The molecule has 1 amide bonds. The number of nitrogens with two attached hydrogens (primary N) is 1. The monoisotopic (exact) mass is 275 g/mol. The van der Waals surface area contributed by atoms with Gasteiger partial charge in [0.05, 0.1) is 18.0 Å². The van der Waals surface area contributed by atoms with E-state index in [0.717, 1.165) is 0 Å². The number of primary amides is 1. The number of carbonyl (C=O) groups is 2. The average molecular weight is 275 g/mol. The van der Waals surface area contributed by atoms with Gasteiger partial charge in [-0.25, -0.2) is 9.48 Å². The molecule has 1 aromatic carbocycles. The first-order valence-corrected chi connectivity index (χ1v) is 5.74. The number of nitrogens with zero attached hydrogens (tertiary/aromatic N) is 2. The van der Waals surface area contributed by atoms with Crippen molar-refractivity contribution in [3.63, 3.8) is 0 Å². The Bertz CT molecular complexity index is 646. The zero-order chi connectivity index (χ0) is 14.7. The Labute approximate surface area is 114 Å². The van der Waals surface area contributed by atoms with Crippen LogP contribution in [0.4, 0.5) is 0 Å². The fraction of sp³-hybridized carbons (Fsp3) is 0.154. The van der Waals surface area contributed by atoms with E-state index in [9.17, 15) is 9.59 Å². The van der Waals surface area contributed by atoms with Crippen LogP contribution in [0.3, 0.4) is 0 Å². The third-order valence-corrected chi connectivity index (χ3v) is 2.69. The molecule has 0 unspecified atom stereocenters. The van der Waals surface area contributed by atoms with Crippen molar-refractivity contribution in [3.05, 3.63) is 47.3 Å². The Balaban J connectivity index is 2.44. The minimum Gasteiger partial charge on any atom is -0.476 e. The molecule has 0 aliphatic carbocycles. The summed E-state index contributed by atoms with van der Waals surface area (Å²) in [4.78, 5) is 22.0. The van der Waals surface area contributed by atoms with Crippen LogP contribution in [0.25, 0.3) is 5.69 Å². The number of hydrogen-bond acceptors (Lipinski definition) is 4. The first-order chi connectivity index (χ1) is 9.52. The number of carbonyl (C=O) groups excluding carboxylic acids is 1. The van der Waals surface area contributed by atoms with E-state index in [1.165, 1.54) is 17.9 Å². The van der Waals surface area contributed by atoms with Gasteiger partial charge in [-0.1, -0.05) is 0 Å². The Morgan fingerprint density at radius 3 is 2.50 bits per heavy atom. The van der Waals surface area contributed by atoms with Crippen molar-refractivity contribution in [1.29, 1.82) is 0 Å². The van der Waals surface area contributed by atoms with Crippen LogP contribution < -0.4 is 5.73 Å². The molecule has 0 aliphatic rings. The van der Waals surface area contributed by atoms with E-state index < -0.39 is 11.9 Å². The molecule has 20 heavy (non-hydrogen) atoms. The molecule has 0 bridgehead atoms. The number of hydrogen-bond donors (Lipinski definition) is 2. The summed E-state index contributed by atoms with van der Waals surface area (Å²) >= 11 is 0. The van der Waals surface area contributed by atoms with E-state index in [0.29, 0.717) is 16.9 Å². The lowest BCUT2D eigenvalue weighted by Gasteiger charge is -2.07. The second-order valence-corrected chi connectivity index (χ2v) is 4.08. The summed E-state index contributed by atoms with van der Waals surface area (Å²) in [5.74, 6) is -1.64. The van der Waals surface area contributed by atoms with Gasteiger partial charge in [0, 0.05) is 12.7 Å². The van der Waals surface area contributed by atoms with Gasteiger partial charge in [-0.15, -0.1) is 0 Å². The molecule has 0 atom stereocenters. The van der Waals surface area contributed by atoms with Gasteiger partial charge in [-0.3, -0.25) is 4.79 Å². The third kappa shape index (κ3) is 2.67. The van der Waals surface area contributed by atoms with Gasteiger partial charge in [0.15, 0.2) is 5.69 Å². The first-order valence-electron chi connectivity index (χ1n) is 5.74. The van der Waals surface area contributed by atoms with Crippen LogP contribution in [0.2, 0.25) is 0 Å². The molecule has 0 aliphatic heterocycles. The first kappa shape index (κ1) is 13.8. The van der Waals surface area contributed by atoms with Gasteiger partial charge < -0.3 is 15.6 Å². The van der Waals surface area contributed by atoms with Gasteiger partial charge in [0.25, 0.3) is 0 Å². The number of aromatic nitrogens is 2. The highest BCUT2D eigenvalue weighted by Crippen LogP contribution is 2.15. The van der Waals surface area contributed by atoms with Gasteiger partial charge >= 0.3 is 5.97 Å². The molecule has 0 radical (unpaired) electrons. The molecule has 7 heteroatoms. The third-order valence-electron chi connectivity index (χ3n) is 2.69. The number of aromatic carboxylic acids is 1. The molecular formula is C13H13N3O4. The quantitative estimate of drug-likeness (QED) is 0.839. The van der Waals surface area contributed by atoms with Crippen LogP contribution in [0, 0.1) is 0 Å². The minimum atomic E-state index is -1.12. The predicted molar refractivity (Wildman–Crippen MR) is 69.8 cm³/mol. The summed E-state index contributed by atoms with van der Waals surface area (Å²) in [6.45, 7) is 0.220. The Morgan fingerprint density at radius 1 is 1.35 bits per heavy atom. The highest BCUT2D eigenvalue weighted by Gasteiger charge is 2.14. The lowest BCUT2D eigenvalue weighted by atomic mass is 10.2. The summed E-state index contributed by atoms with van der Waals surface area (Å²) < 4.78 is 6.47. The highest BCUT2D eigenvalue weighted by atomic mass is 16.5. The second kappa shape index (κ2) is 5.54. The Morgan fingerprint density at radius 2 is 2.00 bits per heavy atom. The van der Waals surface area contributed by atoms with Crippen molar-refractivity contribution < 1.29 is 19.4 Å². The van der Waals surface area contributed by atoms with Crippen LogP contribution in [-0.4, -0.2) is 33.9 Å². The van der Waals surface area contributed by atoms with Gasteiger partial charge in [0.2, 0.25) is 5.91 Å². The fourth-order valence-electron chi connectivity index (χ4n) is 1.77. The maximum absolute atomic E-state index is 11.0. The van der Waals surface area contributed by atoms with E-state index >= 15 is 0 Å². The lowest BCUT2D eigenvalue weighted by Crippen LogP contribution is -2.11. The number of amides is 1. The molecule has 2 aromatic rings. The van der Waals surface area contributed by atoms with E-state index in [1.807, 2.05) is 0 Å². The summed E-state index contributed by atoms with van der Waals surface area (Å²) in [6.07, 6.45) is 0. The molecule has 2 rings (SSSR count). The average Bonchev–Trinajstić information content (AvgIpc) is 2.83. The standard InChI is InChI=1S/C13H13N3O4/c1-20-7-10-6-11(13(18)19)15-16(10)9-4-2-8(3-5-9)12(14)17/h2-6H,7H2,1H3,(H2,14,17)(H,18,19). The lowest BCUT2D eigenvalue weighted by molar-refractivity contribution is 0.0689. The molecule has 0 saturated carbocycles. The molecule has 104 valence electrons. The number of benzene rings is 1. The molecule has 0 spiro atoms. The minimum absolute atomic E-state index is 0.0731. The highest BCUT2D eigenvalue weighted by molar-refractivity contribution is 5.92. The number of carboxylic acids is 1. The number of methoxy groups -OCH3 is 1. The predicted octanol–water partition coefficient (Wildman–Crippen LogP) is 0.816. The zero-order valence-electron chi connectivity index (χ0n) is 10.7. The summed E-state index contributed by atoms with van der Waals surface area (Å²) in [5.41, 5.74) is 6.67. The van der Waals surface area contributed by atoms with Crippen LogP contribution in [-0.2, 0) is 11.3 Å². The van der Waals surface area contributed by atoms with Gasteiger partial charge in [-0.2, -0.15) is 5.10 Å². The molecule has 0 fully saturated rings. The second-order valence-electron chi connectivity index (χ2n) is 4.08. The smallest absolute Gasteiger partial charge is 0.356 e. The Hall–Kier alpha value is -2.67. The summed E-state index contributed by atoms with van der Waals surface area (Å²) in [7, 11) is 1.51. The van der Waals surface area contributed by atoms with Crippen molar-refractivity contribution in [1.82, 2.24) is 9.78 Å². The number of rotatable bonds is 5.